The van der Waals surface area contributed by atoms with Crippen LogP contribution in [0.2, 0.25) is 5.02 Å². The van der Waals surface area contributed by atoms with Crippen molar-refractivity contribution in [1.29, 1.82) is 0 Å². The Hall–Kier alpha value is -3.46. The zero-order valence-electron chi connectivity index (χ0n) is 15.0. The highest BCUT2D eigenvalue weighted by atomic mass is 35.5. The van der Waals surface area contributed by atoms with Crippen molar-refractivity contribution in [2.45, 2.75) is 6.61 Å². The zero-order chi connectivity index (χ0) is 20.3. The number of nitrogens with zero attached hydrogens (tertiary/aromatic N) is 4. The fourth-order valence-corrected chi connectivity index (χ4v) is 2.55. The van der Waals surface area contributed by atoms with Crippen LogP contribution < -0.4 is 4.90 Å². The molecule has 2 aromatic carbocycles. The molecule has 0 spiro atoms. The summed E-state index contributed by atoms with van der Waals surface area (Å²) in [6.45, 7) is -0.269. The van der Waals surface area contributed by atoms with Crippen LogP contribution in [0.5, 0.6) is 0 Å². The summed E-state index contributed by atoms with van der Waals surface area (Å²) in [5.41, 5.74) is 1.04. The molecule has 3 rings (SSSR count). The fraction of sp³-hybridized carbons (Fsp3) is 0.167. The van der Waals surface area contributed by atoms with Crippen molar-refractivity contribution >= 4 is 28.9 Å². The number of anilines is 1. The van der Waals surface area contributed by atoms with Crippen molar-refractivity contribution in [1.82, 2.24) is 10.1 Å². The Balaban J connectivity index is 1.75. The van der Waals surface area contributed by atoms with E-state index >= 15 is 0 Å². The standard InChI is InChI=1S/C18H15ClN4O5/c1-22(2)15-8-7-13(23(25)26)9-14(15)18(24)27-10-16-20-17(21-28-16)11-3-5-12(19)6-4-11/h3-9H,10H2,1-2H3. The molecule has 1 aromatic heterocycles. The van der Waals surface area contributed by atoms with Crippen molar-refractivity contribution in [3.05, 3.63) is 69.1 Å². The Kier molecular flexibility index (Phi) is 5.55. The maximum Gasteiger partial charge on any atom is 0.341 e. The van der Waals surface area contributed by atoms with E-state index in [4.69, 9.17) is 20.9 Å². The first-order valence-electron chi connectivity index (χ1n) is 8.06. The first-order chi connectivity index (χ1) is 13.3. The van der Waals surface area contributed by atoms with Gasteiger partial charge >= 0.3 is 5.97 Å². The number of hydrogen-bond donors (Lipinski definition) is 0. The lowest BCUT2D eigenvalue weighted by Gasteiger charge is -2.16. The van der Waals surface area contributed by atoms with Gasteiger partial charge in [0.2, 0.25) is 5.82 Å². The normalized spacial score (nSPS) is 10.5. The third kappa shape index (κ3) is 4.26. The van der Waals surface area contributed by atoms with E-state index in [0.717, 1.165) is 0 Å². The van der Waals surface area contributed by atoms with Crippen LogP contribution in [0, 0.1) is 10.1 Å². The quantitative estimate of drug-likeness (QED) is 0.348. The van der Waals surface area contributed by atoms with E-state index in [1.165, 1.54) is 18.2 Å². The van der Waals surface area contributed by atoms with Crippen LogP contribution >= 0.6 is 11.6 Å². The van der Waals surface area contributed by atoms with E-state index in [2.05, 4.69) is 10.1 Å². The highest BCUT2D eigenvalue weighted by molar-refractivity contribution is 6.30. The van der Waals surface area contributed by atoms with Gasteiger partial charge in [0.15, 0.2) is 6.61 Å². The van der Waals surface area contributed by atoms with Crippen LogP contribution in [0.4, 0.5) is 11.4 Å². The van der Waals surface area contributed by atoms with Gasteiger partial charge in [0, 0.05) is 36.8 Å². The molecule has 1 heterocycles. The Labute approximate surface area is 164 Å². The SMILES string of the molecule is CN(C)c1ccc([N+](=O)[O-])cc1C(=O)OCc1nc(-c2ccc(Cl)cc2)no1. The lowest BCUT2D eigenvalue weighted by atomic mass is 10.1. The molecular formula is C18H15ClN4O5. The van der Waals surface area contributed by atoms with E-state index in [-0.39, 0.29) is 23.7 Å². The summed E-state index contributed by atoms with van der Waals surface area (Å²) in [5.74, 6) is -0.319. The van der Waals surface area contributed by atoms with Crippen molar-refractivity contribution in [2.75, 3.05) is 19.0 Å². The molecule has 0 aliphatic carbocycles. The smallest absolute Gasteiger partial charge is 0.341 e. The molecule has 0 saturated heterocycles. The molecular weight excluding hydrogens is 388 g/mol. The van der Waals surface area contributed by atoms with Gasteiger partial charge in [-0.3, -0.25) is 10.1 Å². The number of hydrogen-bond acceptors (Lipinski definition) is 8. The van der Waals surface area contributed by atoms with Crippen LogP contribution in [0.1, 0.15) is 16.2 Å². The molecule has 0 N–H and O–H groups in total. The van der Waals surface area contributed by atoms with Gasteiger partial charge in [-0.05, 0) is 30.3 Å². The largest absolute Gasteiger partial charge is 0.452 e. The molecule has 0 amide bonds. The molecule has 0 saturated carbocycles. The lowest BCUT2D eigenvalue weighted by molar-refractivity contribution is -0.384. The van der Waals surface area contributed by atoms with Gasteiger partial charge in [-0.15, -0.1) is 0 Å². The van der Waals surface area contributed by atoms with Gasteiger partial charge in [-0.2, -0.15) is 4.98 Å². The Morgan fingerprint density at radius 2 is 1.96 bits per heavy atom. The van der Waals surface area contributed by atoms with Crippen molar-refractivity contribution in [3.63, 3.8) is 0 Å². The number of nitro groups is 1. The minimum absolute atomic E-state index is 0.0663. The topological polar surface area (TPSA) is 112 Å². The summed E-state index contributed by atoms with van der Waals surface area (Å²) < 4.78 is 10.3. The highest BCUT2D eigenvalue weighted by Gasteiger charge is 2.20. The molecule has 9 nitrogen and oxygen atoms in total. The number of ether oxygens (including phenoxy) is 1. The van der Waals surface area contributed by atoms with Crippen LogP contribution in [-0.4, -0.2) is 35.1 Å². The maximum absolute atomic E-state index is 12.5. The summed E-state index contributed by atoms with van der Waals surface area (Å²) in [4.78, 5) is 28.7. The van der Waals surface area contributed by atoms with Gasteiger partial charge in [-0.25, -0.2) is 4.79 Å². The maximum atomic E-state index is 12.5. The number of non-ortho nitro benzene ring substituents is 1. The van der Waals surface area contributed by atoms with Gasteiger partial charge in [0.1, 0.15) is 0 Å². The van der Waals surface area contributed by atoms with Crippen molar-refractivity contribution < 1.29 is 19.0 Å². The van der Waals surface area contributed by atoms with E-state index in [1.807, 2.05) is 0 Å². The lowest BCUT2D eigenvalue weighted by Crippen LogP contribution is -2.16. The van der Waals surface area contributed by atoms with Gasteiger partial charge in [0.05, 0.1) is 16.2 Å². The van der Waals surface area contributed by atoms with Gasteiger partial charge in [-0.1, -0.05) is 16.8 Å². The molecule has 0 atom stereocenters. The van der Waals surface area contributed by atoms with E-state index < -0.39 is 10.9 Å². The number of carbonyl (C=O) groups excluding carboxylic acids is 1. The summed E-state index contributed by atoms with van der Waals surface area (Å²) in [7, 11) is 3.43. The second kappa shape index (κ2) is 8.05. The second-order valence-electron chi connectivity index (χ2n) is 5.95. The number of benzene rings is 2. The Morgan fingerprint density at radius 3 is 2.61 bits per heavy atom. The molecule has 10 heteroatoms. The molecule has 3 aromatic rings. The molecule has 28 heavy (non-hydrogen) atoms. The number of halogens is 1. The molecule has 0 bridgehead atoms. The predicted octanol–water partition coefficient (Wildman–Crippen LogP) is 3.72. The zero-order valence-corrected chi connectivity index (χ0v) is 15.7. The summed E-state index contributed by atoms with van der Waals surface area (Å²) in [6, 6.07) is 10.8. The highest BCUT2D eigenvalue weighted by Crippen LogP contribution is 2.25. The monoisotopic (exact) mass is 402 g/mol. The van der Waals surface area contributed by atoms with Gasteiger partial charge < -0.3 is 14.2 Å². The number of nitro benzene ring substituents is 1. The van der Waals surface area contributed by atoms with Gasteiger partial charge in [0.25, 0.3) is 11.6 Å². The molecule has 0 aliphatic rings. The molecule has 144 valence electrons. The van der Waals surface area contributed by atoms with E-state index in [9.17, 15) is 14.9 Å². The van der Waals surface area contributed by atoms with Crippen LogP contribution in [0.3, 0.4) is 0 Å². The molecule has 0 unspecified atom stereocenters. The van der Waals surface area contributed by atoms with Crippen LogP contribution in [0.25, 0.3) is 11.4 Å². The van der Waals surface area contributed by atoms with Crippen molar-refractivity contribution in [2.24, 2.45) is 0 Å². The molecule has 0 fully saturated rings. The average molecular weight is 403 g/mol. The summed E-state index contributed by atoms with van der Waals surface area (Å²) in [6.07, 6.45) is 0. The molecule has 0 aliphatic heterocycles. The number of rotatable bonds is 6. The summed E-state index contributed by atoms with van der Waals surface area (Å²) in [5, 5.41) is 15.4. The summed E-state index contributed by atoms with van der Waals surface area (Å²) >= 11 is 5.85. The predicted molar refractivity (Wildman–Crippen MR) is 101 cm³/mol. The van der Waals surface area contributed by atoms with Crippen LogP contribution in [-0.2, 0) is 11.3 Å². The third-order valence-electron chi connectivity index (χ3n) is 3.79. The Morgan fingerprint density at radius 1 is 1.25 bits per heavy atom. The number of esters is 1. The first-order valence-corrected chi connectivity index (χ1v) is 8.44. The fourth-order valence-electron chi connectivity index (χ4n) is 2.43. The Bertz CT molecular complexity index is 1020. The van der Waals surface area contributed by atoms with E-state index in [1.54, 1.807) is 43.3 Å². The van der Waals surface area contributed by atoms with Crippen molar-refractivity contribution in [3.8, 4) is 11.4 Å². The minimum Gasteiger partial charge on any atom is -0.452 e. The molecule has 0 radical (unpaired) electrons. The van der Waals surface area contributed by atoms with E-state index in [0.29, 0.717) is 22.1 Å². The second-order valence-corrected chi connectivity index (χ2v) is 6.38. The van der Waals surface area contributed by atoms with Crippen LogP contribution in [0.15, 0.2) is 47.0 Å². The first kappa shape index (κ1) is 19.3. The minimum atomic E-state index is -0.737. The third-order valence-corrected chi connectivity index (χ3v) is 4.04. The average Bonchev–Trinajstić information content (AvgIpc) is 3.15. The number of carbonyl (C=O) groups is 1. The number of aromatic nitrogens is 2.